The molecule has 1 amide bonds. The number of rotatable bonds is 8. The Balaban J connectivity index is 1.73. The molecule has 0 radical (unpaired) electrons. The summed E-state index contributed by atoms with van der Waals surface area (Å²) >= 11 is 1.29. The van der Waals surface area contributed by atoms with Crippen LogP contribution in [0, 0.1) is 11.3 Å². The molecule has 0 fully saturated rings. The maximum Gasteiger partial charge on any atom is 0.387 e. The van der Waals surface area contributed by atoms with Gasteiger partial charge in [0.1, 0.15) is 22.9 Å². The normalized spacial score (nSPS) is 11.7. The summed E-state index contributed by atoms with van der Waals surface area (Å²) in [4.78, 5) is 12.4. The van der Waals surface area contributed by atoms with Crippen molar-refractivity contribution in [3.63, 3.8) is 0 Å². The number of nitrogens with zero attached hydrogens (tertiary/aromatic N) is 1. The number of nitriles is 1. The lowest BCUT2D eigenvalue weighted by atomic mass is 9.98. The molecular weight excluding hydrogens is 396 g/mol. The van der Waals surface area contributed by atoms with Gasteiger partial charge in [-0.3, -0.25) is 4.79 Å². The Morgan fingerprint density at radius 3 is 2.45 bits per heavy atom. The van der Waals surface area contributed by atoms with Gasteiger partial charge < -0.3 is 15.4 Å². The number of anilines is 1. The molecule has 29 heavy (non-hydrogen) atoms. The monoisotopic (exact) mass is 414 g/mol. The lowest BCUT2D eigenvalue weighted by Gasteiger charge is -2.17. The maximum atomic E-state index is 12.4. The summed E-state index contributed by atoms with van der Waals surface area (Å²) in [6.07, 6.45) is 0. The predicted octanol–water partition coefficient (Wildman–Crippen LogP) is 3.51. The minimum Gasteiger partial charge on any atom is -0.435 e. The quantitative estimate of drug-likeness (QED) is 0.592. The van der Waals surface area contributed by atoms with Crippen molar-refractivity contribution >= 4 is 22.2 Å². The first-order valence-electron chi connectivity index (χ1n) is 8.77. The first kappa shape index (κ1) is 20.5. The molecule has 0 spiro atoms. The molecule has 8 heteroatoms. The average Bonchev–Trinajstić information content (AvgIpc) is 3.16. The zero-order valence-corrected chi connectivity index (χ0v) is 16.0. The van der Waals surface area contributed by atoms with Gasteiger partial charge in [0, 0.05) is 11.1 Å². The van der Waals surface area contributed by atoms with Crippen molar-refractivity contribution in [1.82, 2.24) is 0 Å². The predicted molar refractivity (Wildman–Crippen MR) is 106 cm³/mol. The van der Waals surface area contributed by atoms with Gasteiger partial charge in [-0.1, -0.05) is 30.3 Å². The lowest BCUT2D eigenvalue weighted by Crippen LogP contribution is -2.87. The van der Waals surface area contributed by atoms with E-state index in [0.29, 0.717) is 10.6 Å². The lowest BCUT2D eigenvalue weighted by molar-refractivity contribution is -0.676. The number of carbonyl (C=O) groups excluding carboxylic acids is 1. The van der Waals surface area contributed by atoms with Crippen molar-refractivity contribution in [2.45, 2.75) is 12.7 Å². The molecule has 0 saturated carbocycles. The number of nitrogens with two attached hydrogens (primary N) is 1. The van der Waals surface area contributed by atoms with Crippen LogP contribution in [0.2, 0.25) is 0 Å². The molecule has 0 aliphatic heterocycles. The fourth-order valence-electron chi connectivity index (χ4n) is 2.88. The molecule has 5 nitrogen and oxygen atoms in total. The summed E-state index contributed by atoms with van der Waals surface area (Å²) in [6, 6.07) is 19.4. The van der Waals surface area contributed by atoms with E-state index in [0.717, 1.165) is 11.1 Å². The van der Waals surface area contributed by atoms with Crippen LogP contribution in [-0.2, 0) is 4.79 Å². The van der Waals surface area contributed by atoms with Gasteiger partial charge >= 0.3 is 6.61 Å². The van der Waals surface area contributed by atoms with E-state index in [2.05, 4.69) is 10.1 Å². The SMILES string of the molecule is N#Cc1ccsc1NC(=O)C[NH2+][C@H](c1ccccc1)c1ccc(OC(F)F)cc1. The molecule has 2 aromatic carbocycles. The topological polar surface area (TPSA) is 78.7 Å². The first-order chi connectivity index (χ1) is 14.1. The van der Waals surface area contributed by atoms with Crippen LogP contribution >= 0.6 is 11.3 Å². The van der Waals surface area contributed by atoms with Crippen LogP contribution in [0.1, 0.15) is 22.7 Å². The van der Waals surface area contributed by atoms with E-state index in [4.69, 9.17) is 5.26 Å². The molecule has 0 aliphatic carbocycles. The minimum atomic E-state index is -2.88. The summed E-state index contributed by atoms with van der Waals surface area (Å²) in [7, 11) is 0. The van der Waals surface area contributed by atoms with Crippen LogP contribution < -0.4 is 15.4 Å². The third kappa shape index (κ3) is 5.60. The fraction of sp³-hybridized carbons (Fsp3) is 0.143. The van der Waals surface area contributed by atoms with Crippen molar-refractivity contribution in [3.8, 4) is 11.8 Å². The molecule has 1 aromatic heterocycles. The first-order valence-corrected chi connectivity index (χ1v) is 9.65. The van der Waals surface area contributed by atoms with Gasteiger partial charge in [-0.2, -0.15) is 14.0 Å². The number of alkyl halides is 2. The Labute approximate surface area is 170 Å². The van der Waals surface area contributed by atoms with Gasteiger partial charge in [0.25, 0.3) is 5.91 Å². The van der Waals surface area contributed by atoms with Crippen LogP contribution in [0.4, 0.5) is 13.8 Å². The highest BCUT2D eigenvalue weighted by molar-refractivity contribution is 7.14. The highest BCUT2D eigenvalue weighted by atomic mass is 32.1. The standard InChI is InChI=1S/C21H17F2N3O2S/c22-21(23)28-17-8-6-15(7-9-17)19(14-4-2-1-3-5-14)25-13-18(27)26-20-16(12-24)10-11-29-20/h1-11,19,21,25H,13H2,(H,26,27)/p+1/t19-/m1/s1. The zero-order valence-electron chi connectivity index (χ0n) is 15.2. The smallest absolute Gasteiger partial charge is 0.387 e. The Morgan fingerprint density at radius 2 is 1.79 bits per heavy atom. The molecule has 0 aliphatic rings. The van der Waals surface area contributed by atoms with Crippen LogP contribution in [0.25, 0.3) is 0 Å². The number of quaternary nitrogens is 1. The largest absolute Gasteiger partial charge is 0.435 e. The number of hydrogen-bond donors (Lipinski definition) is 2. The Morgan fingerprint density at radius 1 is 1.10 bits per heavy atom. The molecule has 0 unspecified atom stereocenters. The van der Waals surface area contributed by atoms with Crippen molar-refractivity contribution < 1.29 is 23.6 Å². The maximum absolute atomic E-state index is 12.4. The molecular formula is C21H18F2N3O2S+. The minimum absolute atomic E-state index is 0.0787. The Kier molecular flexibility index (Phi) is 6.89. The van der Waals surface area contributed by atoms with E-state index in [9.17, 15) is 13.6 Å². The highest BCUT2D eigenvalue weighted by Gasteiger charge is 2.20. The van der Waals surface area contributed by atoms with Crippen LogP contribution in [0.15, 0.2) is 66.0 Å². The van der Waals surface area contributed by atoms with E-state index in [-0.39, 0.29) is 24.2 Å². The second-order valence-corrected chi connectivity index (χ2v) is 7.02. The Hall–Kier alpha value is -3.28. The van der Waals surface area contributed by atoms with E-state index in [1.165, 1.54) is 23.5 Å². The number of hydrogen-bond acceptors (Lipinski definition) is 4. The number of ether oxygens (including phenoxy) is 1. The number of nitrogens with one attached hydrogen (secondary N) is 1. The van der Waals surface area contributed by atoms with Crippen LogP contribution in [0.5, 0.6) is 5.75 Å². The van der Waals surface area contributed by atoms with Gasteiger partial charge in [-0.25, -0.2) is 0 Å². The van der Waals surface area contributed by atoms with Crippen molar-refractivity contribution in [2.24, 2.45) is 0 Å². The van der Waals surface area contributed by atoms with E-state index >= 15 is 0 Å². The summed E-state index contributed by atoms with van der Waals surface area (Å²) in [6.45, 7) is -2.76. The van der Waals surface area contributed by atoms with E-state index in [1.807, 2.05) is 41.7 Å². The number of amides is 1. The van der Waals surface area contributed by atoms with Gasteiger partial charge in [0.15, 0.2) is 6.54 Å². The summed E-state index contributed by atoms with van der Waals surface area (Å²) in [5.74, 6) is -0.155. The highest BCUT2D eigenvalue weighted by Crippen LogP contribution is 2.23. The second kappa shape index (κ2) is 9.78. The van der Waals surface area contributed by atoms with Gasteiger partial charge in [-0.15, -0.1) is 11.3 Å². The van der Waals surface area contributed by atoms with Crippen molar-refractivity contribution in [1.29, 1.82) is 5.26 Å². The van der Waals surface area contributed by atoms with Gasteiger partial charge in [0.05, 0.1) is 5.56 Å². The molecule has 1 heterocycles. The molecule has 0 saturated heterocycles. The van der Waals surface area contributed by atoms with Crippen molar-refractivity contribution in [2.75, 3.05) is 11.9 Å². The molecule has 1 atom stereocenters. The van der Waals surface area contributed by atoms with Gasteiger partial charge in [-0.05, 0) is 35.7 Å². The van der Waals surface area contributed by atoms with Crippen molar-refractivity contribution in [3.05, 3.63) is 82.7 Å². The second-order valence-electron chi connectivity index (χ2n) is 6.10. The molecule has 3 N–H and O–H groups in total. The number of halogens is 2. The molecule has 148 valence electrons. The van der Waals surface area contributed by atoms with E-state index in [1.54, 1.807) is 23.6 Å². The summed E-state index contributed by atoms with van der Waals surface area (Å²) < 4.78 is 29.1. The fourth-order valence-corrected chi connectivity index (χ4v) is 3.63. The summed E-state index contributed by atoms with van der Waals surface area (Å²) in [5, 5.41) is 15.9. The van der Waals surface area contributed by atoms with Crippen LogP contribution in [-0.4, -0.2) is 19.1 Å². The van der Waals surface area contributed by atoms with Crippen LogP contribution in [0.3, 0.4) is 0 Å². The van der Waals surface area contributed by atoms with E-state index < -0.39 is 6.61 Å². The zero-order chi connectivity index (χ0) is 20.6. The Bertz CT molecular complexity index is 985. The third-order valence-electron chi connectivity index (χ3n) is 4.20. The number of thiophene rings is 1. The summed E-state index contributed by atoms with van der Waals surface area (Å²) in [5.41, 5.74) is 2.24. The average molecular weight is 414 g/mol. The molecule has 3 aromatic rings. The number of benzene rings is 2. The molecule has 0 bridgehead atoms. The molecule has 3 rings (SSSR count). The van der Waals surface area contributed by atoms with Gasteiger partial charge in [0.2, 0.25) is 0 Å². The number of carbonyl (C=O) groups is 1. The third-order valence-corrected chi connectivity index (χ3v) is 5.03.